The lowest BCUT2D eigenvalue weighted by Gasteiger charge is -2.22. The van der Waals surface area contributed by atoms with Crippen molar-refractivity contribution in [2.45, 2.75) is 17.7 Å². The highest BCUT2D eigenvalue weighted by Gasteiger charge is 2.21. The highest BCUT2D eigenvalue weighted by atomic mass is 32.2. The molecule has 86 valence electrons. The average Bonchev–Trinajstić information content (AvgIpc) is 2.46. The maximum atomic E-state index is 11.9. The Morgan fingerprint density at radius 3 is 3.00 bits per heavy atom. The molecule has 1 aromatic carbocycles. The summed E-state index contributed by atoms with van der Waals surface area (Å²) in [7, 11) is 0. The Hall–Kier alpha value is -1.00. The van der Waals surface area contributed by atoms with Gasteiger partial charge in [-0.1, -0.05) is 12.1 Å². The maximum absolute atomic E-state index is 11.9. The number of rotatable bonds is 3. The van der Waals surface area contributed by atoms with E-state index >= 15 is 0 Å². The minimum Gasteiger partial charge on any atom is -0.396 e. The van der Waals surface area contributed by atoms with Crippen LogP contribution in [0, 0.1) is 0 Å². The summed E-state index contributed by atoms with van der Waals surface area (Å²) in [6.45, 7) is 0.728. The number of carbonyl (C=O) groups excluding carboxylic acids is 1. The second-order valence-corrected chi connectivity index (χ2v) is 4.83. The summed E-state index contributed by atoms with van der Waals surface area (Å²) in [6.07, 6.45) is 1.20. The number of para-hydroxylation sites is 1. The molecule has 0 unspecified atom stereocenters. The third kappa shape index (κ3) is 2.39. The summed E-state index contributed by atoms with van der Waals surface area (Å²) in [5.41, 5.74) is 0.989. The number of aliphatic hydroxyl groups is 1. The van der Waals surface area contributed by atoms with E-state index in [2.05, 4.69) is 0 Å². The molecule has 1 aliphatic rings. The van der Waals surface area contributed by atoms with E-state index in [9.17, 15) is 4.79 Å². The molecular weight excluding hydrogens is 222 g/mol. The second-order valence-electron chi connectivity index (χ2n) is 3.69. The number of benzene rings is 1. The number of hydrogen-bond donors (Lipinski definition) is 1. The van der Waals surface area contributed by atoms with Gasteiger partial charge in [-0.25, -0.2) is 0 Å². The summed E-state index contributed by atoms with van der Waals surface area (Å²) in [5.74, 6) is 0.997. The van der Waals surface area contributed by atoms with Gasteiger partial charge >= 0.3 is 0 Å². The van der Waals surface area contributed by atoms with Crippen molar-refractivity contribution in [2.75, 3.05) is 23.8 Å². The number of amides is 1. The SMILES string of the molecule is O=C1CCSc2ccccc2N1CCCO. The molecule has 0 aliphatic carbocycles. The summed E-state index contributed by atoms with van der Waals surface area (Å²) in [5, 5.41) is 8.86. The summed E-state index contributed by atoms with van der Waals surface area (Å²) >= 11 is 1.73. The minimum absolute atomic E-state index is 0.124. The Morgan fingerprint density at radius 1 is 1.38 bits per heavy atom. The number of nitrogens with zero attached hydrogens (tertiary/aromatic N) is 1. The highest BCUT2D eigenvalue weighted by Crippen LogP contribution is 2.33. The normalized spacial score (nSPS) is 15.8. The molecule has 2 rings (SSSR count). The summed E-state index contributed by atoms with van der Waals surface area (Å²) in [6, 6.07) is 7.96. The van der Waals surface area contributed by atoms with Gasteiger partial charge < -0.3 is 10.0 Å². The first-order valence-electron chi connectivity index (χ1n) is 5.46. The number of aliphatic hydroxyl groups excluding tert-OH is 1. The van der Waals surface area contributed by atoms with Gasteiger partial charge in [-0.15, -0.1) is 11.8 Å². The van der Waals surface area contributed by atoms with E-state index in [1.54, 1.807) is 16.7 Å². The molecule has 0 atom stereocenters. The van der Waals surface area contributed by atoms with Crippen LogP contribution in [0.15, 0.2) is 29.2 Å². The molecule has 3 nitrogen and oxygen atoms in total. The zero-order valence-electron chi connectivity index (χ0n) is 9.06. The van der Waals surface area contributed by atoms with Crippen molar-refractivity contribution in [3.8, 4) is 0 Å². The van der Waals surface area contributed by atoms with Crippen molar-refractivity contribution in [3.05, 3.63) is 24.3 Å². The van der Waals surface area contributed by atoms with E-state index in [1.165, 1.54) is 0 Å². The van der Waals surface area contributed by atoms with E-state index in [4.69, 9.17) is 5.11 Å². The fourth-order valence-electron chi connectivity index (χ4n) is 1.79. The first-order valence-corrected chi connectivity index (χ1v) is 6.44. The quantitative estimate of drug-likeness (QED) is 0.873. The van der Waals surface area contributed by atoms with Crippen molar-refractivity contribution < 1.29 is 9.90 Å². The van der Waals surface area contributed by atoms with E-state index in [1.807, 2.05) is 24.3 Å². The Balaban J connectivity index is 2.28. The van der Waals surface area contributed by atoms with Gasteiger partial charge in [0.15, 0.2) is 0 Å². The van der Waals surface area contributed by atoms with E-state index < -0.39 is 0 Å². The van der Waals surface area contributed by atoms with Crippen LogP contribution in [0.1, 0.15) is 12.8 Å². The Morgan fingerprint density at radius 2 is 2.19 bits per heavy atom. The van der Waals surface area contributed by atoms with Gasteiger partial charge in [0.25, 0.3) is 0 Å². The topological polar surface area (TPSA) is 40.5 Å². The molecule has 1 N–H and O–H groups in total. The van der Waals surface area contributed by atoms with Gasteiger partial charge in [-0.05, 0) is 18.6 Å². The predicted octanol–water partition coefficient (Wildman–Crippen LogP) is 1.90. The van der Waals surface area contributed by atoms with Crippen LogP contribution in [0.25, 0.3) is 0 Å². The van der Waals surface area contributed by atoms with Crippen molar-refractivity contribution in [3.63, 3.8) is 0 Å². The van der Waals surface area contributed by atoms with E-state index in [0.717, 1.165) is 16.3 Å². The molecule has 0 spiro atoms. The predicted molar refractivity (Wildman–Crippen MR) is 65.8 cm³/mol. The van der Waals surface area contributed by atoms with Crippen LogP contribution < -0.4 is 4.90 Å². The van der Waals surface area contributed by atoms with Crippen molar-refractivity contribution in [1.29, 1.82) is 0 Å². The molecule has 4 heteroatoms. The standard InChI is InChI=1S/C12H15NO2S/c14-8-3-7-13-10-4-1-2-5-11(10)16-9-6-12(13)15/h1-2,4-5,14H,3,6-9H2. The molecule has 1 aliphatic heterocycles. The van der Waals surface area contributed by atoms with Crippen LogP contribution >= 0.6 is 11.8 Å². The Kier molecular flexibility index (Phi) is 3.85. The van der Waals surface area contributed by atoms with Crippen LogP contribution in [0.4, 0.5) is 5.69 Å². The third-order valence-electron chi connectivity index (χ3n) is 2.57. The van der Waals surface area contributed by atoms with Crippen LogP contribution in [0.2, 0.25) is 0 Å². The molecule has 0 aromatic heterocycles. The zero-order chi connectivity index (χ0) is 11.4. The Labute approximate surface area is 99.5 Å². The van der Waals surface area contributed by atoms with Gasteiger partial charge in [0.2, 0.25) is 5.91 Å². The fourth-order valence-corrected chi connectivity index (χ4v) is 2.79. The van der Waals surface area contributed by atoms with E-state index in [0.29, 0.717) is 19.4 Å². The number of anilines is 1. The number of thioether (sulfide) groups is 1. The third-order valence-corrected chi connectivity index (χ3v) is 3.63. The van der Waals surface area contributed by atoms with Gasteiger partial charge in [0.05, 0.1) is 5.69 Å². The summed E-state index contributed by atoms with van der Waals surface area (Å²) in [4.78, 5) is 14.9. The average molecular weight is 237 g/mol. The molecule has 1 heterocycles. The van der Waals surface area contributed by atoms with Gasteiger partial charge in [-0.2, -0.15) is 0 Å². The molecular formula is C12H15NO2S. The van der Waals surface area contributed by atoms with Crippen LogP contribution in [0.5, 0.6) is 0 Å². The van der Waals surface area contributed by atoms with Crippen molar-refractivity contribution in [1.82, 2.24) is 0 Å². The van der Waals surface area contributed by atoms with Crippen molar-refractivity contribution in [2.24, 2.45) is 0 Å². The first-order chi connectivity index (χ1) is 7.83. The summed E-state index contributed by atoms with van der Waals surface area (Å²) < 4.78 is 0. The lowest BCUT2D eigenvalue weighted by atomic mass is 10.2. The highest BCUT2D eigenvalue weighted by molar-refractivity contribution is 7.99. The molecule has 16 heavy (non-hydrogen) atoms. The van der Waals surface area contributed by atoms with Crippen LogP contribution in [-0.2, 0) is 4.79 Å². The minimum atomic E-state index is 0.124. The Bertz CT molecular complexity index is 381. The molecule has 1 amide bonds. The molecule has 0 saturated carbocycles. The van der Waals surface area contributed by atoms with Gasteiger partial charge in [0, 0.05) is 30.2 Å². The van der Waals surface area contributed by atoms with Gasteiger partial charge in [-0.3, -0.25) is 4.79 Å². The molecule has 0 saturated heterocycles. The smallest absolute Gasteiger partial charge is 0.227 e. The molecule has 0 fully saturated rings. The largest absolute Gasteiger partial charge is 0.396 e. The zero-order valence-corrected chi connectivity index (χ0v) is 9.87. The molecule has 0 radical (unpaired) electrons. The number of hydrogen-bond acceptors (Lipinski definition) is 3. The lowest BCUT2D eigenvalue weighted by Crippen LogP contribution is -2.31. The number of carbonyl (C=O) groups is 1. The van der Waals surface area contributed by atoms with E-state index in [-0.39, 0.29) is 12.5 Å². The lowest BCUT2D eigenvalue weighted by molar-refractivity contribution is -0.118. The first kappa shape index (κ1) is 11.5. The van der Waals surface area contributed by atoms with Gasteiger partial charge in [0.1, 0.15) is 0 Å². The van der Waals surface area contributed by atoms with Crippen LogP contribution in [-0.4, -0.2) is 29.9 Å². The molecule has 0 bridgehead atoms. The van der Waals surface area contributed by atoms with Crippen molar-refractivity contribution >= 4 is 23.4 Å². The monoisotopic (exact) mass is 237 g/mol. The fraction of sp³-hybridized carbons (Fsp3) is 0.417. The number of fused-ring (bicyclic) bond motifs is 1. The van der Waals surface area contributed by atoms with Crippen LogP contribution in [0.3, 0.4) is 0 Å². The maximum Gasteiger partial charge on any atom is 0.227 e. The second kappa shape index (κ2) is 5.37. The molecule has 1 aromatic rings.